The Balaban J connectivity index is 1.81. The molecule has 3 rings (SSSR count). The Hall–Kier alpha value is -2.53. The average Bonchev–Trinajstić information content (AvgIpc) is 3.27. The van der Waals surface area contributed by atoms with Crippen LogP contribution in [0.2, 0.25) is 5.02 Å². The average molecular weight is 443 g/mol. The number of rotatable bonds is 9. The summed E-state index contributed by atoms with van der Waals surface area (Å²) in [6.07, 6.45) is 5.06. The Labute approximate surface area is 189 Å². The number of hydrogen-bond donors (Lipinski definition) is 1. The molecule has 0 heterocycles. The highest BCUT2D eigenvalue weighted by Gasteiger charge is 2.30. The quantitative estimate of drug-likeness (QED) is 0.609. The third-order valence-corrected chi connectivity index (χ3v) is 6.08. The van der Waals surface area contributed by atoms with Gasteiger partial charge in [-0.1, -0.05) is 55.6 Å². The molecule has 1 atom stereocenters. The van der Waals surface area contributed by atoms with Gasteiger partial charge in [0.15, 0.2) is 0 Å². The highest BCUT2D eigenvalue weighted by molar-refractivity contribution is 6.30. The van der Waals surface area contributed by atoms with Crippen LogP contribution < -0.4 is 10.1 Å². The molecule has 0 spiro atoms. The van der Waals surface area contributed by atoms with E-state index < -0.39 is 6.04 Å². The first-order chi connectivity index (χ1) is 15.0. The Bertz CT molecular complexity index is 879. The molecule has 6 heteroatoms. The highest BCUT2D eigenvalue weighted by atomic mass is 35.5. The van der Waals surface area contributed by atoms with E-state index in [1.54, 1.807) is 24.1 Å². The second kappa shape index (κ2) is 11.2. The number of ether oxygens (including phenoxy) is 1. The fourth-order valence-corrected chi connectivity index (χ4v) is 4.35. The third-order valence-electron chi connectivity index (χ3n) is 5.84. The van der Waals surface area contributed by atoms with Crippen molar-refractivity contribution in [2.45, 2.75) is 64.1 Å². The molecule has 166 valence electrons. The van der Waals surface area contributed by atoms with Gasteiger partial charge in [-0.15, -0.1) is 0 Å². The van der Waals surface area contributed by atoms with Gasteiger partial charge in [0.05, 0.1) is 13.5 Å². The van der Waals surface area contributed by atoms with Gasteiger partial charge in [-0.25, -0.2) is 0 Å². The summed E-state index contributed by atoms with van der Waals surface area (Å²) >= 11 is 6.10. The zero-order valence-electron chi connectivity index (χ0n) is 18.3. The van der Waals surface area contributed by atoms with Gasteiger partial charge in [0.1, 0.15) is 11.8 Å². The standard InChI is InChI=1S/C25H31ClN2O3/c1-3-23(25(30)27-21-9-4-5-10-21)28(17-18-11-13-22(31-2)14-12-18)24(29)16-19-7-6-8-20(26)15-19/h6-8,11-15,21,23H,3-5,9-10,16-17H2,1-2H3,(H,27,30)/t23-/m1/s1. The largest absolute Gasteiger partial charge is 0.497 e. The normalized spacial score (nSPS) is 14.8. The summed E-state index contributed by atoms with van der Waals surface area (Å²) < 4.78 is 5.24. The van der Waals surface area contributed by atoms with Gasteiger partial charge in [0.25, 0.3) is 0 Å². The van der Waals surface area contributed by atoms with E-state index >= 15 is 0 Å². The lowest BCUT2D eigenvalue weighted by Gasteiger charge is -2.31. The van der Waals surface area contributed by atoms with E-state index in [1.165, 1.54) is 0 Å². The van der Waals surface area contributed by atoms with E-state index in [4.69, 9.17) is 16.3 Å². The van der Waals surface area contributed by atoms with Crippen LogP contribution in [0.15, 0.2) is 48.5 Å². The van der Waals surface area contributed by atoms with Gasteiger partial charge in [0.2, 0.25) is 11.8 Å². The predicted octanol–water partition coefficient (Wildman–Crippen LogP) is 4.76. The molecule has 31 heavy (non-hydrogen) atoms. The minimum atomic E-state index is -0.519. The highest BCUT2D eigenvalue weighted by Crippen LogP contribution is 2.21. The topological polar surface area (TPSA) is 58.6 Å². The Morgan fingerprint density at radius 3 is 2.45 bits per heavy atom. The maximum atomic E-state index is 13.4. The molecule has 1 aliphatic carbocycles. The van der Waals surface area contributed by atoms with Gasteiger partial charge >= 0.3 is 0 Å². The van der Waals surface area contributed by atoms with Gasteiger partial charge in [-0.3, -0.25) is 9.59 Å². The van der Waals surface area contributed by atoms with E-state index in [1.807, 2.05) is 43.3 Å². The minimum absolute atomic E-state index is 0.0673. The second-order valence-corrected chi connectivity index (χ2v) is 8.53. The minimum Gasteiger partial charge on any atom is -0.497 e. The van der Waals surface area contributed by atoms with E-state index in [-0.39, 0.29) is 24.3 Å². The summed E-state index contributed by atoms with van der Waals surface area (Å²) in [5.41, 5.74) is 1.79. The van der Waals surface area contributed by atoms with Crippen molar-refractivity contribution < 1.29 is 14.3 Å². The first-order valence-electron chi connectivity index (χ1n) is 11.0. The zero-order chi connectivity index (χ0) is 22.2. The number of halogens is 1. The number of hydrogen-bond acceptors (Lipinski definition) is 3. The van der Waals surface area contributed by atoms with Crippen LogP contribution in [-0.4, -0.2) is 35.9 Å². The van der Waals surface area contributed by atoms with Crippen LogP contribution >= 0.6 is 11.6 Å². The first kappa shape index (κ1) is 23.1. The van der Waals surface area contributed by atoms with Crippen molar-refractivity contribution >= 4 is 23.4 Å². The van der Waals surface area contributed by atoms with Crippen molar-refractivity contribution in [1.82, 2.24) is 10.2 Å². The Kier molecular flexibility index (Phi) is 8.35. The molecular formula is C25H31ClN2O3. The molecule has 0 aromatic heterocycles. The maximum Gasteiger partial charge on any atom is 0.243 e. The molecule has 1 saturated carbocycles. The Morgan fingerprint density at radius 1 is 1.13 bits per heavy atom. The van der Waals surface area contributed by atoms with Crippen molar-refractivity contribution in [3.63, 3.8) is 0 Å². The van der Waals surface area contributed by atoms with E-state index in [0.29, 0.717) is 18.0 Å². The number of carbonyl (C=O) groups is 2. The van der Waals surface area contributed by atoms with Crippen molar-refractivity contribution in [3.8, 4) is 5.75 Å². The number of carbonyl (C=O) groups excluding carboxylic acids is 2. The van der Waals surface area contributed by atoms with Gasteiger partial charge < -0.3 is 15.0 Å². The van der Waals surface area contributed by atoms with Crippen LogP contribution in [-0.2, 0) is 22.6 Å². The van der Waals surface area contributed by atoms with Crippen LogP contribution in [0, 0.1) is 0 Å². The second-order valence-electron chi connectivity index (χ2n) is 8.09. The molecule has 0 saturated heterocycles. The van der Waals surface area contributed by atoms with Crippen molar-refractivity contribution in [3.05, 3.63) is 64.7 Å². The van der Waals surface area contributed by atoms with Crippen LogP contribution in [0.25, 0.3) is 0 Å². The molecule has 0 aliphatic heterocycles. The molecule has 0 unspecified atom stereocenters. The lowest BCUT2D eigenvalue weighted by Crippen LogP contribution is -2.51. The first-order valence-corrected chi connectivity index (χ1v) is 11.3. The number of nitrogens with zero attached hydrogens (tertiary/aromatic N) is 1. The number of methoxy groups -OCH3 is 1. The summed E-state index contributed by atoms with van der Waals surface area (Å²) in [4.78, 5) is 28.2. The van der Waals surface area contributed by atoms with E-state index in [0.717, 1.165) is 42.6 Å². The number of nitrogens with one attached hydrogen (secondary N) is 1. The molecule has 2 amide bonds. The smallest absolute Gasteiger partial charge is 0.243 e. The molecule has 0 bridgehead atoms. The number of amides is 2. The molecule has 2 aromatic carbocycles. The van der Waals surface area contributed by atoms with Crippen LogP contribution in [0.4, 0.5) is 0 Å². The van der Waals surface area contributed by atoms with Crippen LogP contribution in [0.5, 0.6) is 5.75 Å². The lowest BCUT2D eigenvalue weighted by molar-refractivity contribution is -0.141. The predicted molar refractivity (Wildman–Crippen MR) is 123 cm³/mol. The summed E-state index contributed by atoms with van der Waals surface area (Å²) in [5, 5.41) is 3.76. The van der Waals surface area contributed by atoms with Crippen LogP contribution in [0.1, 0.15) is 50.2 Å². The van der Waals surface area contributed by atoms with Crippen molar-refractivity contribution in [2.75, 3.05) is 7.11 Å². The molecular weight excluding hydrogens is 412 g/mol. The zero-order valence-corrected chi connectivity index (χ0v) is 19.0. The van der Waals surface area contributed by atoms with Crippen molar-refractivity contribution in [2.24, 2.45) is 0 Å². The molecule has 1 N–H and O–H groups in total. The maximum absolute atomic E-state index is 13.4. The van der Waals surface area contributed by atoms with E-state index in [9.17, 15) is 9.59 Å². The third kappa shape index (κ3) is 6.47. The van der Waals surface area contributed by atoms with E-state index in [2.05, 4.69) is 5.32 Å². The monoisotopic (exact) mass is 442 g/mol. The molecule has 1 aliphatic rings. The summed E-state index contributed by atoms with van der Waals surface area (Å²) in [6.45, 7) is 2.31. The fraction of sp³-hybridized carbons (Fsp3) is 0.440. The fourth-order valence-electron chi connectivity index (χ4n) is 4.14. The van der Waals surface area contributed by atoms with Crippen LogP contribution in [0.3, 0.4) is 0 Å². The SMILES string of the molecule is CC[C@H](C(=O)NC1CCCC1)N(Cc1ccc(OC)cc1)C(=O)Cc1cccc(Cl)c1. The number of benzene rings is 2. The molecule has 2 aromatic rings. The molecule has 0 radical (unpaired) electrons. The lowest BCUT2D eigenvalue weighted by atomic mass is 10.1. The molecule has 1 fully saturated rings. The molecule has 5 nitrogen and oxygen atoms in total. The Morgan fingerprint density at radius 2 is 1.84 bits per heavy atom. The van der Waals surface area contributed by atoms with Gasteiger partial charge in [-0.05, 0) is 54.7 Å². The summed E-state index contributed by atoms with van der Waals surface area (Å²) in [7, 11) is 1.62. The summed E-state index contributed by atoms with van der Waals surface area (Å²) in [5.74, 6) is 0.598. The van der Waals surface area contributed by atoms with Gasteiger partial charge in [0, 0.05) is 17.6 Å². The summed E-state index contributed by atoms with van der Waals surface area (Å²) in [6, 6.07) is 14.6. The van der Waals surface area contributed by atoms with Crippen molar-refractivity contribution in [1.29, 1.82) is 0 Å². The van der Waals surface area contributed by atoms with Gasteiger partial charge in [-0.2, -0.15) is 0 Å².